The molecule has 0 spiro atoms. The van der Waals surface area contributed by atoms with E-state index in [1.807, 2.05) is 64.0 Å². The number of likely N-dealkylation sites (tertiary alicyclic amines) is 1. The number of fused-ring (bicyclic) bond motifs is 1. The van der Waals surface area contributed by atoms with Crippen LogP contribution in [0.15, 0.2) is 54.7 Å². The third-order valence-electron chi connectivity index (χ3n) is 4.69. The molecule has 1 atom stereocenters. The van der Waals surface area contributed by atoms with Crippen LogP contribution in [0.2, 0.25) is 0 Å². The fraction of sp³-hybridized carbons (Fsp3) is 0.250. The quantitative estimate of drug-likeness (QED) is 0.680. The number of hydrogen-bond donors (Lipinski definition) is 0. The molecule has 132 valence electrons. The number of carbonyl (C=O) groups is 1. The highest BCUT2D eigenvalue weighted by Gasteiger charge is 2.32. The number of aromatic nitrogens is 3. The van der Waals surface area contributed by atoms with Crippen molar-refractivity contribution in [2.45, 2.75) is 18.9 Å². The van der Waals surface area contributed by atoms with E-state index >= 15 is 0 Å². The molecule has 0 radical (unpaired) electrons. The van der Waals surface area contributed by atoms with Crippen LogP contribution in [0.25, 0.3) is 11.7 Å². The maximum absolute atomic E-state index is 12.8. The van der Waals surface area contributed by atoms with E-state index in [0.29, 0.717) is 0 Å². The lowest BCUT2D eigenvalue weighted by Crippen LogP contribution is -2.30. The van der Waals surface area contributed by atoms with Crippen LogP contribution >= 0.6 is 0 Å². The average Bonchev–Trinajstić information content (AvgIpc) is 3.32. The van der Waals surface area contributed by atoms with Gasteiger partial charge in [-0.15, -0.1) is 10.2 Å². The standard InChI is InChI=1S/C20H20N4O2/c1-26-16-7-4-6-15(14-16)10-11-19(25)23-13-5-8-17(23)20-22-21-18-9-2-3-12-24(18)20/h2-4,6-7,9-12,14,17H,5,8,13H2,1H3/b11-10+. The van der Waals surface area contributed by atoms with Crippen molar-refractivity contribution in [1.29, 1.82) is 0 Å². The van der Waals surface area contributed by atoms with Crippen molar-refractivity contribution in [3.05, 3.63) is 66.1 Å². The average molecular weight is 348 g/mol. The second-order valence-electron chi connectivity index (χ2n) is 6.29. The summed E-state index contributed by atoms with van der Waals surface area (Å²) in [5, 5.41) is 8.54. The van der Waals surface area contributed by atoms with Crippen molar-refractivity contribution in [3.63, 3.8) is 0 Å². The zero-order valence-electron chi connectivity index (χ0n) is 14.6. The van der Waals surface area contributed by atoms with E-state index in [-0.39, 0.29) is 11.9 Å². The van der Waals surface area contributed by atoms with E-state index in [1.165, 1.54) is 0 Å². The van der Waals surface area contributed by atoms with Crippen LogP contribution in [0.1, 0.15) is 30.3 Å². The Bertz CT molecular complexity index is 963. The van der Waals surface area contributed by atoms with E-state index < -0.39 is 0 Å². The summed E-state index contributed by atoms with van der Waals surface area (Å²) in [5.41, 5.74) is 1.73. The third-order valence-corrected chi connectivity index (χ3v) is 4.69. The highest BCUT2D eigenvalue weighted by Crippen LogP contribution is 2.31. The summed E-state index contributed by atoms with van der Waals surface area (Å²) in [6.07, 6.45) is 7.25. The Hall–Kier alpha value is -3.15. The fourth-order valence-corrected chi connectivity index (χ4v) is 3.39. The van der Waals surface area contributed by atoms with Crippen molar-refractivity contribution in [2.24, 2.45) is 0 Å². The van der Waals surface area contributed by atoms with Gasteiger partial charge in [-0.2, -0.15) is 0 Å². The number of hydrogen-bond acceptors (Lipinski definition) is 4. The molecule has 1 amide bonds. The second kappa shape index (κ2) is 7.00. The molecule has 1 aliphatic heterocycles. The van der Waals surface area contributed by atoms with E-state index in [9.17, 15) is 4.79 Å². The molecule has 3 heterocycles. The molecule has 0 N–H and O–H groups in total. The van der Waals surface area contributed by atoms with E-state index in [1.54, 1.807) is 13.2 Å². The summed E-state index contributed by atoms with van der Waals surface area (Å²) in [4.78, 5) is 14.6. The van der Waals surface area contributed by atoms with Gasteiger partial charge in [0.05, 0.1) is 13.2 Å². The summed E-state index contributed by atoms with van der Waals surface area (Å²) >= 11 is 0. The molecule has 4 rings (SSSR count). The molecular weight excluding hydrogens is 328 g/mol. The molecular formula is C20H20N4O2. The van der Waals surface area contributed by atoms with Crippen LogP contribution in [0.5, 0.6) is 5.75 Å². The van der Waals surface area contributed by atoms with E-state index in [0.717, 1.165) is 42.2 Å². The van der Waals surface area contributed by atoms with Crippen molar-refractivity contribution in [1.82, 2.24) is 19.5 Å². The molecule has 26 heavy (non-hydrogen) atoms. The molecule has 6 heteroatoms. The predicted octanol–water partition coefficient (Wildman–Crippen LogP) is 3.11. The van der Waals surface area contributed by atoms with Crippen molar-refractivity contribution in [3.8, 4) is 5.75 Å². The first kappa shape index (κ1) is 16.3. The first-order chi connectivity index (χ1) is 12.8. The molecule has 0 bridgehead atoms. The summed E-state index contributed by atoms with van der Waals surface area (Å²) in [6, 6.07) is 13.4. The Morgan fingerprint density at radius 2 is 2.15 bits per heavy atom. The maximum Gasteiger partial charge on any atom is 0.247 e. The van der Waals surface area contributed by atoms with Gasteiger partial charge in [-0.05, 0) is 48.7 Å². The van der Waals surface area contributed by atoms with Gasteiger partial charge in [0.25, 0.3) is 0 Å². The van der Waals surface area contributed by atoms with Gasteiger partial charge in [-0.25, -0.2) is 0 Å². The Labute approximate surface area is 151 Å². The van der Waals surface area contributed by atoms with Crippen LogP contribution < -0.4 is 4.74 Å². The third kappa shape index (κ3) is 3.06. The molecule has 2 aromatic heterocycles. The van der Waals surface area contributed by atoms with Crippen molar-refractivity contribution < 1.29 is 9.53 Å². The minimum Gasteiger partial charge on any atom is -0.497 e. The van der Waals surface area contributed by atoms with Crippen LogP contribution in [0.4, 0.5) is 0 Å². The van der Waals surface area contributed by atoms with Gasteiger partial charge in [0.2, 0.25) is 5.91 Å². The van der Waals surface area contributed by atoms with Crippen molar-refractivity contribution >= 4 is 17.6 Å². The van der Waals surface area contributed by atoms with E-state index in [4.69, 9.17) is 4.74 Å². The number of nitrogens with zero attached hydrogens (tertiary/aromatic N) is 4. The highest BCUT2D eigenvalue weighted by atomic mass is 16.5. The molecule has 1 saturated heterocycles. The van der Waals surface area contributed by atoms with Crippen LogP contribution in [-0.2, 0) is 4.79 Å². The zero-order chi connectivity index (χ0) is 17.9. The zero-order valence-corrected chi connectivity index (χ0v) is 14.6. The van der Waals surface area contributed by atoms with Gasteiger partial charge in [0.15, 0.2) is 11.5 Å². The molecule has 1 aliphatic rings. The lowest BCUT2D eigenvalue weighted by Gasteiger charge is -2.22. The first-order valence-electron chi connectivity index (χ1n) is 8.68. The largest absolute Gasteiger partial charge is 0.497 e. The number of pyridine rings is 1. The number of methoxy groups -OCH3 is 1. The van der Waals surface area contributed by atoms with Gasteiger partial charge < -0.3 is 9.64 Å². The first-order valence-corrected chi connectivity index (χ1v) is 8.68. The van der Waals surface area contributed by atoms with Gasteiger partial charge in [-0.3, -0.25) is 9.20 Å². The number of amides is 1. The Morgan fingerprint density at radius 1 is 1.23 bits per heavy atom. The highest BCUT2D eigenvalue weighted by molar-refractivity contribution is 5.92. The Balaban J connectivity index is 1.56. The lowest BCUT2D eigenvalue weighted by molar-refractivity contribution is -0.127. The smallest absolute Gasteiger partial charge is 0.247 e. The van der Waals surface area contributed by atoms with E-state index in [2.05, 4.69) is 10.2 Å². The minimum absolute atomic E-state index is 0.0111. The van der Waals surface area contributed by atoms with Gasteiger partial charge in [0.1, 0.15) is 5.75 Å². The molecule has 1 unspecified atom stereocenters. The van der Waals surface area contributed by atoms with Gasteiger partial charge >= 0.3 is 0 Å². The van der Waals surface area contributed by atoms with Crippen LogP contribution in [0.3, 0.4) is 0 Å². The number of rotatable bonds is 4. The van der Waals surface area contributed by atoms with Gasteiger partial charge in [-0.1, -0.05) is 18.2 Å². The minimum atomic E-state index is -0.0464. The lowest BCUT2D eigenvalue weighted by atomic mass is 10.2. The number of ether oxygens (including phenoxy) is 1. The second-order valence-corrected chi connectivity index (χ2v) is 6.29. The summed E-state index contributed by atoms with van der Waals surface area (Å²) in [7, 11) is 1.63. The molecule has 0 saturated carbocycles. The monoisotopic (exact) mass is 348 g/mol. The topological polar surface area (TPSA) is 59.7 Å². The molecule has 1 aromatic carbocycles. The SMILES string of the molecule is COc1cccc(/C=C/C(=O)N2CCCC2c2nnc3ccccn23)c1. The summed E-state index contributed by atoms with van der Waals surface area (Å²) in [5.74, 6) is 1.58. The normalized spacial score (nSPS) is 17.3. The van der Waals surface area contributed by atoms with Crippen molar-refractivity contribution in [2.75, 3.05) is 13.7 Å². The van der Waals surface area contributed by atoms with Gasteiger partial charge in [0, 0.05) is 18.8 Å². The molecule has 6 nitrogen and oxygen atoms in total. The fourth-order valence-electron chi connectivity index (χ4n) is 3.39. The maximum atomic E-state index is 12.8. The number of benzene rings is 1. The summed E-state index contributed by atoms with van der Waals surface area (Å²) < 4.78 is 7.18. The number of carbonyl (C=O) groups excluding carboxylic acids is 1. The molecule has 1 fully saturated rings. The van der Waals surface area contributed by atoms with Crippen LogP contribution in [-0.4, -0.2) is 39.1 Å². The molecule has 0 aliphatic carbocycles. The predicted molar refractivity (Wildman–Crippen MR) is 98.7 cm³/mol. The summed E-state index contributed by atoms with van der Waals surface area (Å²) in [6.45, 7) is 0.730. The Morgan fingerprint density at radius 3 is 3.04 bits per heavy atom. The molecule has 3 aromatic rings. The Kier molecular flexibility index (Phi) is 4.39. The van der Waals surface area contributed by atoms with Crippen LogP contribution in [0, 0.1) is 0 Å².